The fourth-order valence-electron chi connectivity index (χ4n) is 2.71. The van der Waals surface area contributed by atoms with Crippen molar-refractivity contribution in [1.29, 1.82) is 0 Å². The maximum atomic E-state index is 13.7. The molecule has 3 aromatic rings. The van der Waals surface area contributed by atoms with Crippen LogP contribution in [0.25, 0.3) is 0 Å². The molecule has 10 heteroatoms. The Morgan fingerprint density at radius 3 is 2.45 bits per heavy atom. The third-order valence-corrected chi connectivity index (χ3v) is 6.29. The first kappa shape index (κ1) is 22.7. The summed E-state index contributed by atoms with van der Waals surface area (Å²) in [6.45, 7) is 5.16. The van der Waals surface area contributed by atoms with Gasteiger partial charge >= 0.3 is 0 Å². The number of amides is 2. The van der Waals surface area contributed by atoms with Crippen molar-refractivity contribution >= 4 is 51.4 Å². The number of halogens is 1. The summed E-state index contributed by atoms with van der Waals surface area (Å²) in [7, 11) is 0. The van der Waals surface area contributed by atoms with Crippen molar-refractivity contribution < 1.29 is 14.0 Å². The predicted octanol–water partition coefficient (Wildman–Crippen LogP) is 4.63. The normalized spacial score (nSPS) is 10.5. The van der Waals surface area contributed by atoms with E-state index in [1.165, 1.54) is 29.2 Å². The number of nitrogens with zero attached hydrogens (tertiary/aromatic N) is 3. The van der Waals surface area contributed by atoms with Gasteiger partial charge in [0.25, 0.3) is 5.91 Å². The molecule has 1 aromatic heterocycles. The fraction of sp³-hybridized carbons (Fsp3) is 0.238. The first-order valence-electron chi connectivity index (χ1n) is 9.67. The van der Waals surface area contributed by atoms with Gasteiger partial charge in [0, 0.05) is 24.3 Å². The summed E-state index contributed by atoms with van der Waals surface area (Å²) in [4.78, 5) is 26.3. The molecule has 1 heterocycles. The van der Waals surface area contributed by atoms with E-state index in [-0.39, 0.29) is 23.4 Å². The molecule has 0 saturated carbocycles. The van der Waals surface area contributed by atoms with E-state index in [2.05, 4.69) is 20.8 Å². The van der Waals surface area contributed by atoms with Crippen molar-refractivity contribution in [3.63, 3.8) is 0 Å². The average molecular weight is 460 g/mol. The molecular weight excluding hydrogens is 437 g/mol. The van der Waals surface area contributed by atoms with E-state index in [0.29, 0.717) is 39.5 Å². The standard InChI is InChI=1S/C21H22FN5O2S2/c1-3-27(4-2)19(29)14-9-11-15(12-10-14)23-18(28)13-30-21-26-25-20(31-21)24-17-8-6-5-7-16(17)22/h5-12H,3-4,13H2,1-2H3,(H,23,28)(H,24,25). The average Bonchev–Trinajstić information content (AvgIpc) is 3.22. The number of carbonyl (C=O) groups is 2. The summed E-state index contributed by atoms with van der Waals surface area (Å²) < 4.78 is 14.3. The van der Waals surface area contributed by atoms with Gasteiger partial charge in [-0.3, -0.25) is 9.59 Å². The lowest BCUT2D eigenvalue weighted by molar-refractivity contribution is -0.113. The minimum absolute atomic E-state index is 0.0329. The number of carbonyl (C=O) groups excluding carboxylic acids is 2. The van der Waals surface area contributed by atoms with Crippen LogP contribution in [0.4, 0.5) is 20.9 Å². The van der Waals surface area contributed by atoms with Crippen LogP contribution < -0.4 is 10.6 Å². The van der Waals surface area contributed by atoms with E-state index in [1.807, 2.05) is 13.8 Å². The molecule has 0 atom stereocenters. The Kier molecular flexibility index (Phi) is 7.96. The minimum Gasteiger partial charge on any atom is -0.339 e. The second-order valence-electron chi connectivity index (χ2n) is 6.37. The zero-order chi connectivity index (χ0) is 22.2. The van der Waals surface area contributed by atoms with Crippen LogP contribution in [-0.2, 0) is 4.79 Å². The van der Waals surface area contributed by atoms with Gasteiger partial charge in [0.2, 0.25) is 11.0 Å². The van der Waals surface area contributed by atoms with E-state index < -0.39 is 0 Å². The van der Waals surface area contributed by atoms with Crippen molar-refractivity contribution in [3.8, 4) is 0 Å². The molecule has 0 aliphatic rings. The molecule has 0 aliphatic heterocycles. The Hall–Kier alpha value is -2.98. The van der Waals surface area contributed by atoms with E-state index in [4.69, 9.17) is 0 Å². The van der Waals surface area contributed by atoms with Crippen LogP contribution in [0, 0.1) is 5.82 Å². The van der Waals surface area contributed by atoms with Gasteiger partial charge in [0.1, 0.15) is 5.82 Å². The lowest BCUT2D eigenvalue weighted by atomic mass is 10.2. The number of anilines is 3. The van der Waals surface area contributed by atoms with Gasteiger partial charge < -0.3 is 15.5 Å². The second kappa shape index (κ2) is 10.9. The zero-order valence-electron chi connectivity index (χ0n) is 17.1. The molecule has 2 aromatic carbocycles. The quantitative estimate of drug-likeness (QED) is 0.454. The first-order valence-corrected chi connectivity index (χ1v) is 11.5. The smallest absolute Gasteiger partial charge is 0.253 e. The highest BCUT2D eigenvalue weighted by molar-refractivity contribution is 8.01. The van der Waals surface area contributed by atoms with Crippen LogP contribution in [0.1, 0.15) is 24.2 Å². The van der Waals surface area contributed by atoms with Crippen molar-refractivity contribution in [2.24, 2.45) is 0 Å². The van der Waals surface area contributed by atoms with Crippen LogP contribution >= 0.6 is 23.1 Å². The first-order chi connectivity index (χ1) is 15.0. The summed E-state index contributed by atoms with van der Waals surface area (Å²) in [5.74, 6) is -0.466. The number of para-hydroxylation sites is 1. The van der Waals surface area contributed by atoms with Crippen LogP contribution in [-0.4, -0.2) is 45.8 Å². The summed E-state index contributed by atoms with van der Waals surface area (Å²) >= 11 is 2.48. The maximum absolute atomic E-state index is 13.7. The molecule has 3 rings (SSSR count). The number of hydrogen-bond donors (Lipinski definition) is 2. The van der Waals surface area contributed by atoms with Crippen molar-refractivity contribution in [3.05, 3.63) is 59.9 Å². The Bertz CT molecular complexity index is 1040. The molecule has 0 unspecified atom stereocenters. The topological polar surface area (TPSA) is 87.2 Å². The molecule has 0 saturated heterocycles. The molecule has 2 N–H and O–H groups in total. The third kappa shape index (κ3) is 6.25. The predicted molar refractivity (Wildman–Crippen MR) is 123 cm³/mol. The Labute approximate surface area is 188 Å². The van der Waals surface area contributed by atoms with E-state index in [1.54, 1.807) is 47.4 Å². The summed E-state index contributed by atoms with van der Waals surface area (Å²) in [6.07, 6.45) is 0. The molecule has 162 valence electrons. The number of rotatable bonds is 9. The van der Waals surface area contributed by atoms with Gasteiger partial charge in [0.05, 0.1) is 11.4 Å². The summed E-state index contributed by atoms with van der Waals surface area (Å²) in [5, 5.41) is 14.1. The summed E-state index contributed by atoms with van der Waals surface area (Å²) in [5.41, 5.74) is 1.51. The number of thioether (sulfide) groups is 1. The Morgan fingerprint density at radius 2 is 1.77 bits per heavy atom. The van der Waals surface area contributed by atoms with E-state index in [0.717, 1.165) is 0 Å². The largest absolute Gasteiger partial charge is 0.339 e. The molecule has 0 fully saturated rings. The molecule has 0 spiro atoms. The molecule has 31 heavy (non-hydrogen) atoms. The highest BCUT2D eigenvalue weighted by atomic mass is 32.2. The van der Waals surface area contributed by atoms with E-state index in [9.17, 15) is 14.0 Å². The monoisotopic (exact) mass is 459 g/mol. The second-order valence-corrected chi connectivity index (χ2v) is 8.57. The van der Waals surface area contributed by atoms with Gasteiger partial charge in [-0.25, -0.2) is 4.39 Å². The Morgan fingerprint density at radius 1 is 1.06 bits per heavy atom. The number of aromatic nitrogens is 2. The number of nitrogens with one attached hydrogen (secondary N) is 2. The van der Waals surface area contributed by atoms with Crippen LogP contribution in [0.2, 0.25) is 0 Å². The fourth-order valence-corrected chi connectivity index (χ4v) is 4.27. The van der Waals surface area contributed by atoms with Gasteiger partial charge in [-0.2, -0.15) is 0 Å². The van der Waals surface area contributed by atoms with Crippen molar-refractivity contribution in [2.45, 2.75) is 18.2 Å². The summed E-state index contributed by atoms with van der Waals surface area (Å²) in [6, 6.07) is 13.1. The SMILES string of the molecule is CCN(CC)C(=O)c1ccc(NC(=O)CSc2nnc(Nc3ccccc3F)s2)cc1. The zero-order valence-corrected chi connectivity index (χ0v) is 18.7. The third-order valence-electron chi connectivity index (χ3n) is 4.31. The number of benzene rings is 2. The molecule has 7 nitrogen and oxygen atoms in total. The lowest BCUT2D eigenvalue weighted by Crippen LogP contribution is -2.30. The van der Waals surface area contributed by atoms with Gasteiger partial charge in [-0.1, -0.05) is 35.2 Å². The van der Waals surface area contributed by atoms with Crippen molar-refractivity contribution in [1.82, 2.24) is 15.1 Å². The van der Waals surface area contributed by atoms with Crippen molar-refractivity contribution in [2.75, 3.05) is 29.5 Å². The molecule has 0 bridgehead atoms. The van der Waals surface area contributed by atoms with Gasteiger partial charge in [-0.15, -0.1) is 10.2 Å². The lowest BCUT2D eigenvalue weighted by Gasteiger charge is -2.18. The van der Waals surface area contributed by atoms with Gasteiger partial charge in [-0.05, 0) is 50.2 Å². The molecule has 2 amide bonds. The van der Waals surface area contributed by atoms with Crippen LogP contribution in [0.15, 0.2) is 52.9 Å². The highest BCUT2D eigenvalue weighted by Gasteiger charge is 2.13. The molecular formula is C21H22FN5O2S2. The number of hydrogen-bond acceptors (Lipinski definition) is 7. The van der Waals surface area contributed by atoms with Crippen LogP contribution in [0.3, 0.4) is 0 Å². The maximum Gasteiger partial charge on any atom is 0.253 e. The molecule has 0 radical (unpaired) electrons. The van der Waals surface area contributed by atoms with E-state index >= 15 is 0 Å². The highest BCUT2D eigenvalue weighted by Crippen LogP contribution is 2.28. The minimum atomic E-state index is -0.379. The van der Waals surface area contributed by atoms with Gasteiger partial charge in [0.15, 0.2) is 4.34 Å². The Balaban J connectivity index is 1.50. The van der Waals surface area contributed by atoms with Crippen LogP contribution in [0.5, 0.6) is 0 Å². The molecule has 0 aliphatic carbocycles.